The fourth-order valence-electron chi connectivity index (χ4n) is 3.76. The van der Waals surface area contributed by atoms with Gasteiger partial charge >= 0.3 is 0 Å². The first-order valence-electron chi connectivity index (χ1n) is 12.3. The van der Waals surface area contributed by atoms with Crippen molar-refractivity contribution in [2.24, 2.45) is 5.10 Å². The Labute approximate surface area is 195 Å². The summed E-state index contributed by atoms with van der Waals surface area (Å²) in [6.07, 6.45) is 18.9. The molecular formula is C26H44N2O4. The lowest BCUT2D eigenvalue weighted by Crippen LogP contribution is -2.17. The van der Waals surface area contributed by atoms with Crippen LogP contribution in [0.15, 0.2) is 17.2 Å². The Morgan fingerprint density at radius 1 is 0.781 bits per heavy atom. The summed E-state index contributed by atoms with van der Waals surface area (Å²) >= 11 is 0. The van der Waals surface area contributed by atoms with E-state index in [1.165, 1.54) is 70.6 Å². The highest BCUT2D eigenvalue weighted by molar-refractivity contribution is 5.87. The van der Waals surface area contributed by atoms with E-state index in [9.17, 15) is 4.79 Å². The Kier molecular flexibility index (Phi) is 15.9. The van der Waals surface area contributed by atoms with Crippen LogP contribution in [-0.4, -0.2) is 33.5 Å². The van der Waals surface area contributed by atoms with Gasteiger partial charge in [0, 0.05) is 12.0 Å². The number of hydrogen-bond acceptors (Lipinski definition) is 5. The standard InChI is InChI=1S/C26H44N2O4/c1-5-6-7-8-9-10-11-12-13-14-15-16-17-18-24(29)28-27-21-22-19-20-23(30-2)26(32-4)25(22)31-3/h19-21H,5-18H2,1-4H3,(H,28,29)/b27-21+. The minimum atomic E-state index is -0.0660. The molecule has 0 saturated heterocycles. The van der Waals surface area contributed by atoms with Crippen LogP contribution < -0.4 is 19.6 Å². The Hall–Kier alpha value is -2.24. The number of carbonyl (C=O) groups is 1. The summed E-state index contributed by atoms with van der Waals surface area (Å²) in [6, 6.07) is 3.58. The van der Waals surface area contributed by atoms with Crippen LogP contribution in [0.3, 0.4) is 0 Å². The summed E-state index contributed by atoms with van der Waals surface area (Å²) in [7, 11) is 4.68. The van der Waals surface area contributed by atoms with E-state index >= 15 is 0 Å². The zero-order valence-corrected chi connectivity index (χ0v) is 20.7. The van der Waals surface area contributed by atoms with Crippen molar-refractivity contribution >= 4 is 12.1 Å². The van der Waals surface area contributed by atoms with E-state index in [1.807, 2.05) is 6.07 Å². The first kappa shape index (κ1) is 27.8. The minimum absolute atomic E-state index is 0.0660. The number of hydrazone groups is 1. The van der Waals surface area contributed by atoms with Gasteiger partial charge in [0.2, 0.25) is 11.7 Å². The average Bonchev–Trinajstić information content (AvgIpc) is 2.81. The van der Waals surface area contributed by atoms with Crippen molar-refractivity contribution in [3.05, 3.63) is 17.7 Å². The maximum Gasteiger partial charge on any atom is 0.240 e. The van der Waals surface area contributed by atoms with Crippen molar-refractivity contribution in [3.63, 3.8) is 0 Å². The highest BCUT2D eigenvalue weighted by Gasteiger charge is 2.14. The van der Waals surface area contributed by atoms with Gasteiger partial charge < -0.3 is 14.2 Å². The number of nitrogens with one attached hydrogen (secondary N) is 1. The summed E-state index contributed by atoms with van der Waals surface area (Å²) in [6.45, 7) is 2.26. The molecule has 0 fully saturated rings. The molecular weight excluding hydrogens is 404 g/mol. The highest BCUT2D eigenvalue weighted by Crippen LogP contribution is 2.38. The normalized spacial score (nSPS) is 11.0. The second-order valence-electron chi connectivity index (χ2n) is 8.21. The van der Waals surface area contributed by atoms with Gasteiger partial charge in [-0.2, -0.15) is 5.10 Å². The zero-order chi connectivity index (χ0) is 23.4. The van der Waals surface area contributed by atoms with Crippen LogP contribution >= 0.6 is 0 Å². The third kappa shape index (κ3) is 11.4. The number of methoxy groups -OCH3 is 3. The van der Waals surface area contributed by atoms with E-state index in [-0.39, 0.29) is 5.91 Å². The molecule has 1 aromatic rings. The SMILES string of the molecule is CCCCCCCCCCCCCCCC(=O)N/N=C/c1ccc(OC)c(OC)c1OC. The number of ether oxygens (including phenoxy) is 3. The molecule has 6 heteroatoms. The maximum atomic E-state index is 12.0. The first-order valence-corrected chi connectivity index (χ1v) is 12.3. The number of benzene rings is 1. The van der Waals surface area contributed by atoms with Crippen LogP contribution in [0.1, 0.15) is 102 Å². The number of hydrogen-bond donors (Lipinski definition) is 1. The van der Waals surface area contributed by atoms with E-state index in [4.69, 9.17) is 14.2 Å². The molecule has 0 radical (unpaired) electrons. The second-order valence-corrected chi connectivity index (χ2v) is 8.21. The van der Waals surface area contributed by atoms with Crippen LogP contribution in [-0.2, 0) is 4.79 Å². The van der Waals surface area contributed by atoms with Crippen LogP contribution in [0.25, 0.3) is 0 Å². The van der Waals surface area contributed by atoms with Crippen LogP contribution in [0.4, 0.5) is 0 Å². The zero-order valence-electron chi connectivity index (χ0n) is 20.7. The van der Waals surface area contributed by atoms with E-state index < -0.39 is 0 Å². The molecule has 0 bridgehead atoms. The summed E-state index contributed by atoms with van der Waals surface area (Å²) in [5, 5.41) is 4.06. The Bertz CT molecular complexity index is 661. The summed E-state index contributed by atoms with van der Waals surface area (Å²) in [5.41, 5.74) is 3.30. The first-order chi connectivity index (χ1) is 15.7. The van der Waals surface area contributed by atoms with Gasteiger partial charge in [0.05, 0.1) is 27.5 Å². The summed E-state index contributed by atoms with van der Waals surface area (Å²) in [5.74, 6) is 1.52. The molecule has 0 spiro atoms. The smallest absolute Gasteiger partial charge is 0.240 e. The molecule has 0 saturated carbocycles. The number of rotatable bonds is 19. The molecule has 1 N–H and O–H groups in total. The summed E-state index contributed by atoms with van der Waals surface area (Å²) in [4.78, 5) is 12.0. The van der Waals surface area contributed by atoms with Crippen molar-refractivity contribution in [2.45, 2.75) is 96.8 Å². The van der Waals surface area contributed by atoms with Gasteiger partial charge in [0.1, 0.15) is 0 Å². The maximum absolute atomic E-state index is 12.0. The van der Waals surface area contributed by atoms with E-state index in [0.29, 0.717) is 29.2 Å². The highest BCUT2D eigenvalue weighted by atomic mass is 16.5. The van der Waals surface area contributed by atoms with E-state index in [2.05, 4.69) is 17.5 Å². The largest absolute Gasteiger partial charge is 0.493 e. The lowest BCUT2D eigenvalue weighted by Gasteiger charge is -2.13. The molecule has 1 rings (SSSR count). The van der Waals surface area contributed by atoms with Crippen molar-refractivity contribution in [3.8, 4) is 17.2 Å². The Balaban J connectivity index is 2.14. The van der Waals surface area contributed by atoms with Crippen molar-refractivity contribution < 1.29 is 19.0 Å². The monoisotopic (exact) mass is 448 g/mol. The predicted octanol–water partition coefficient (Wildman–Crippen LogP) is 6.64. The van der Waals surface area contributed by atoms with Gasteiger partial charge in [-0.15, -0.1) is 0 Å². The third-order valence-electron chi connectivity index (χ3n) is 5.63. The van der Waals surface area contributed by atoms with Crippen LogP contribution in [0.5, 0.6) is 17.2 Å². The molecule has 6 nitrogen and oxygen atoms in total. The molecule has 0 heterocycles. The minimum Gasteiger partial charge on any atom is -0.493 e. The fourth-order valence-corrected chi connectivity index (χ4v) is 3.76. The van der Waals surface area contributed by atoms with Crippen LogP contribution in [0.2, 0.25) is 0 Å². The third-order valence-corrected chi connectivity index (χ3v) is 5.63. The van der Waals surface area contributed by atoms with Crippen molar-refractivity contribution in [2.75, 3.05) is 21.3 Å². The molecule has 0 aromatic heterocycles. The predicted molar refractivity (Wildman–Crippen MR) is 132 cm³/mol. The quantitative estimate of drug-likeness (QED) is 0.146. The molecule has 0 aliphatic heterocycles. The molecule has 1 amide bonds. The Morgan fingerprint density at radius 2 is 1.31 bits per heavy atom. The Morgan fingerprint density at radius 3 is 1.81 bits per heavy atom. The van der Waals surface area contributed by atoms with Gasteiger partial charge in [-0.05, 0) is 18.6 Å². The lowest BCUT2D eigenvalue weighted by molar-refractivity contribution is -0.121. The molecule has 0 atom stereocenters. The molecule has 0 aliphatic carbocycles. The second kappa shape index (κ2) is 18.3. The number of unbranched alkanes of at least 4 members (excludes halogenated alkanes) is 12. The fraction of sp³-hybridized carbons (Fsp3) is 0.692. The van der Waals surface area contributed by atoms with Crippen molar-refractivity contribution in [1.29, 1.82) is 0 Å². The number of amides is 1. The van der Waals surface area contributed by atoms with Crippen molar-refractivity contribution in [1.82, 2.24) is 5.43 Å². The van der Waals surface area contributed by atoms with Gasteiger partial charge in [0.15, 0.2) is 11.5 Å². The average molecular weight is 449 g/mol. The van der Waals surface area contributed by atoms with Gasteiger partial charge in [0.25, 0.3) is 0 Å². The van der Waals surface area contributed by atoms with E-state index in [1.54, 1.807) is 33.6 Å². The molecule has 0 unspecified atom stereocenters. The van der Waals surface area contributed by atoms with Crippen LogP contribution in [0, 0.1) is 0 Å². The molecule has 32 heavy (non-hydrogen) atoms. The molecule has 182 valence electrons. The van der Waals surface area contributed by atoms with Gasteiger partial charge in [-0.1, -0.05) is 84.0 Å². The van der Waals surface area contributed by atoms with E-state index in [0.717, 1.165) is 12.8 Å². The number of carbonyl (C=O) groups excluding carboxylic acids is 1. The van der Waals surface area contributed by atoms with Gasteiger partial charge in [-0.3, -0.25) is 4.79 Å². The lowest BCUT2D eigenvalue weighted by atomic mass is 10.0. The van der Waals surface area contributed by atoms with Gasteiger partial charge in [-0.25, -0.2) is 5.43 Å². The summed E-state index contributed by atoms with van der Waals surface area (Å²) < 4.78 is 16.0. The molecule has 0 aliphatic rings. The molecule has 1 aromatic carbocycles. The number of nitrogens with zero attached hydrogens (tertiary/aromatic N) is 1. The topological polar surface area (TPSA) is 69.2 Å².